The Bertz CT molecular complexity index is 868. The smallest absolute Gasteiger partial charge is 0.187 e. The predicted molar refractivity (Wildman–Crippen MR) is 110 cm³/mol. The quantitative estimate of drug-likeness (QED) is 0.418. The Morgan fingerprint density at radius 1 is 1.41 bits per heavy atom. The predicted octanol–water partition coefficient (Wildman–Crippen LogP) is 3.28. The second-order valence-corrected chi connectivity index (χ2v) is 6.32. The van der Waals surface area contributed by atoms with E-state index in [1.165, 1.54) is 6.07 Å². The third-order valence-corrected chi connectivity index (χ3v) is 4.33. The van der Waals surface area contributed by atoms with Gasteiger partial charge in [0, 0.05) is 25.1 Å². The number of benzene rings is 2. The standard InChI is InChI=1S/C20H21N3O3S/c1-3-9-21-20(27)23-22-15-12-17(13-7-5-4-6-8-13)26-18-11-14(25-2)10-16(24)19(15)18/h3-8,10-11,17,24H,1,9,12H2,2H3,(H2,21,23,27)/b22-15+/t17-/m1/s1. The van der Waals surface area contributed by atoms with Gasteiger partial charge in [-0.3, -0.25) is 5.43 Å². The summed E-state index contributed by atoms with van der Waals surface area (Å²) in [4.78, 5) is 0. The van der Waals surface area contributed by atoms with Gasteiger partial charge in [0.25, 0.3) is 0 Å². The third-order valence-electron chi connectivity index (χ3n) is 4.10. The van der Waals surface area contributed by atoms with Gasteiger partial charge in [-0.2, -0.15) is 5.10 Å². The average molecular weight is 383 g/mol. The van der Waals surface area contributed by atoms with Crippen LogP contribution in [0.3, 0.4) is 0 Å². The number of hydrogen-bond acceptors (Lipinski definition) is 5. The number of nitrogens with zero attached hydrogens (tertiary/aromatic N) is 1. The van der Waals surface area contributed by atoms with E-state index in [9.17, 15) is 5.11 Å². The van der Waals surface area contributed by atoms with Gasteiger partial charge in [-0.05, 0) is 17.8 Å². The molecule has 1 heterocycles. The number of hydrazone groups is 1. The Morgan fingerprint density at radius 3 is 2.89 bits per heavy atom. The fourth-order valence-corrected chi connectivity index (χ4v) is 2.96. The number of phenols is 1. The van der Waals surface area contributed by atoms with Gasteiger partial charge in [0.2, 0.25) is 0 Å². The molecule has 0 spiro atoms. The molecule has 2 aromatic rings. The van der Waals surface area contributed by atoms with Crippen molar-refractivity contribution in [3.8, 4) is 17.2 Å². The van der Waals surface area contributed by atoms with Crippen molar-refractivity contribution < 1.29 is 14.6 Å². The van der Waals surface area contributed by atoms with Gasteiger partial charge in [0.15, 0.2) is 5.11 Å². The summed E-state index contributed by atoms with van der Waals surface area (Å²) in [6, 6.07) is 13.1. The molecule has 0 aromatic heterocycles. The van der Waals surface area contributed by atoms with E-state index in [4.69, 9.17) is 21.7 Å². The summed E-state index contributed by atoms with van der Waals surface area (Å²) in [5.74, 6) is 1.06. The summed E-state index contributed by atoms with van der Waals surface area (Å²) in [6.45, 7) is 4.17. The first-order valence-electron chi connectivity index (χ1n) is 8.46. The minimum Gasteiger partial charge on any atom is -0.507 e. The number of phenolic OH excluding ortho intramolecular Hbond substituents is 1. The number of hydrogen-bond donors (Lipinski definition) is 3. The summed E-state index contributed by atoms with van der Waals surface area (Å²) in [5, 5.41) is 18.2. The fraction of sp³-hybridized carbons (Fsp3) is 0.200. The molecule has 7 heteroatoms. The van der Waals surface area contributed by atoms with Crippen LogP contribution < -0.4 is 20.2 Å². The van der Waals surface area contributed by atoms with Crippen LogP contribution in [0, 0.1) is 0 Å². The normalized spacial score (nSPS) is 16.8. The van der Waals surface area contributed by atoms with Crippen molar-refractivity contribution in [3.63, 3.8) is 0 Å². The molecule has 3 N–H and O–H groups in total. The lowest BCUT2D eigenvalue weighted by atomic mass is 9.95. The zero-order valence-electron chi connectivity index (χ0n) is 14.9. The molecule has 1 atom stereocenters. The molecule has 0 aliphatic carbocycles. The fourth-order valence-electron chi connectivity index (χ4n) is 2.83. The number of rotatable bonds is 5. The highest BCUT2D eigenvalue weighted by molar-refractivity contribution is 7.80. The van der Waals surface area contributed by atoms with Crippen molar-refractivity contribution in [2.75, 3.05) is 13.7 Å². The van der Waals surface area contributed by atoms with Gasteiger partial charge in [0.1, 0.15) is 23.4 Å². The Labute approximate surface area is 163 Å². The second kappa shape index (κ2) is 8.55. The molecule has 0 amide bonds. The van der Waals surface area contributed by atoms with Crippen molar-refractivity contribution in [1.29, 1.82) is 0 Å². The highest BCUT2D eigenvalue weighted by Crippen LogP contribution is 2.42. The van der Waals surface area contributed by atoms with E-state index in [-0.39, 0.29) is 11.9 Å². The summed E-state index contributed by atoms with van der Waals surface area (Å²) in [5.41, 5.74) is 5.01. The highest BCUT2D eigenvalue weighted by atomic mass is 32.1. The maximum absolute atomic E-state index is 10.5. The largest absolute Gasteiger partial charge is 0.507 e. The Kier molecular flexibility index (Phi) is 5.93. The first kappa shape index (κ1) is 18.7. The van der Waals surface area contributed by atoms with E-state index in [0.29, 0.717) is 40.9 Å². The van der Waals surface area contributed by atoms with E-state index >= 15 is 0 Å². The second-order valence-electron chi connectivity index (χ2n) is 5.91. The van der Waals surface area contributed by atoms with Crippen molar-refractivity contribution in [2.45, 2.75) is 12.5 Å². The van der Waals surface area contributed by atoms with Crippen LogP contribution in [0.15, 0.2) is 60.2 Å². The van der Waals surface area contributed by atoms with Crippen molar-refractivity contribution in [3.05, 3.63) is 66.2 Å². The van der Waals surface area contributed by atoms with E-state index < -0.39 is 0 Å². The summed E-state index contributed by atoms with van der Waals surface area (Å²) < 4.78 is 11.4. The maximum atomic E-state index is 10.5. The molecule has 1 aliphatic rings. The molecule has 0 saturated carbocycles. The summed E-state index contributed by atoms with van der Waals surface area (Å²) >= 11 is 5.19. The van der Waals surface area contributed by atoms with Gasteiger partial charge >= 0.3 is 0 Å². The molecule has 1 aliphatic heterocycles. The lowest BCUT2D eigenvalue weighted by molar-refractivity contribution is 0.204. The van der Waals surface area contributed by atoms with E-state index in [1.54, 1.807) is 19.3 Å². The first-order chi connectivity index (χ1) is 13.1. The zero-order valence-corrected chi connectivity index (χ0v) is 15.8. The Morgan fingerprint density at radius 2 is 2.19 bits per heavy atom. The van der Waals surface area contributed by atoms with Crippen LogP contribution in [0.1, 0.15) is 23.7 Å². The molecule has 0 saturated heterocycles. The Balaban J connectivity index is 1.96. The van der Waals surface area contributed by atoms with Crippen molar-refractivity contribution in [1.82, 2.24) is 10.7 Å². The minimum atomic E-state index is -0.236. The van der Waals surface area contributed by atoms with Gasteiger partial charge in [0.05, 0.1) is 18.4 Å². The molecule has 2 aromatic carbocycles. The van der Waals surface area contributed by atoms with Crippen molar-refractivity contribution >= 4 is 23.0 Å². The molecule has 6 nitrogen and oxygen atoms in total. The number of fused-ring (bicyclic) bond motifs is 1. The molecule has 3 rings (SSSR count). The van der Waals surface area contributed by atoms with Crippen LogP contribution in [0.2, 0.25) is 0 Å². The van der Waals surface area contributed by atoms with Crippen LogP contribution >= 0.6 is 12.2 Å². The van der Waals surface area contributed by atoms with Crippen LogP contribution in [0.25, 0.3) is 0 Å². The molecule has 27 heavy (non-hydrogen) atoms. The topological polar surface area (TPSA) is 75.1 Å². The number of ether oxygens (including phenoxy) is 2. The zero-order chi connectivity index (χ0) is 19.2. The highest BCUT2D eigenvalue weighted by Gasteiger charge is 2.29. The lowest BCUT2D eigenvalue weighted by Gasteiger charge is -2.28. The number of methoxy groups -OCH3 is 1. The van der Waals surface area contributed by atoms with Gasteiger partial charge in [-0.15, -0.1) is 6.58 Å². The van der Waals surface area contributed by atoms with Crippen molar-refractivity contribution in [2.24, 2.45) is 5.10 Å². The SMILES string of the molecule is C=CCNC(=S)N/N=C1\C[C@H](c2ccccc2)Oc2cc(OC)cc(O)c21. The van der Waals surface area contributed by atoms with Crippen LogP contribution in [-0.4, -0.2) is 29.6 Å². The van der Waals surface area contributed by atoms with Crippen LogP contribution in [0.5, 0.6) is 17.2 Å². The number of thiocarbonyl (C=S) groups is 1. The van der Waals surface area contributed by atoms with Gasteiger partial charge in [-0.25, -0.2) is 0 Å². The van der Waals surface area contributed by atoms with Gasteiger partial charge < -0.3 is 19.9 Å². The third kappa shape index (κ3) is 4.38. The minimum absolute atomic E-state index is 0.0429. The first-order valence-corrected chi connectivity index (χ1v) is 8.87. The molecular weight excluding hydrogens is 362 g/mol. The molecule has 0 bridgehead atoms. The number of aromatic hydroxyl groups is 1. The van der Waals surface area contributed by atoms with Gasteiger partial charge in [-0.1, -0.05) is 36.4 Å². The van der Waals surface area contributed by atoms with E-state index in [0.717, 1.165) is 5.56 Å². The maximum Gasteiger partial charge on any atom is 0.187 e. The molecular formula is C20H21N3O3S. The van der Waals surface area contributed by atoms with Crippen LogP contribution in [0.4, 0.5) is 0 Å². The van der Waals surface area contributed by atoms with E-state index in [1.807, 2.05) is 30.3 Å². The van der Waals surface area contributed by atoms with E-state index in [2.05, 4.69) is 22.4 Å². The molecule has 0 radical (unpaired) electrons. The summed E-state index contributed by atoms with van der Waals surface area (Å²) in [7, 11) is 1.54. The van der Waals surface area contributed by atoms with Crippen LogP contribution in [-0.2, 0) is 0 Å². The molecule has 140 valence electrons. The molecule has 0 unspecified atom stereocenters. The summed E-state index contributed by atoms with van der Waals surface area (Å²) in [6.07, 6.45) is 1.95. The monoisotopic (exact) mass is 383 g/mol. The number of nitrogens with one attached hydrogen (secondary N) is 2. The molecule has 0 fully saturated rings. The average Bonchev–Trinajstić information content (AvgIpc) is 2.70. The Hall–Kier alpha value is -3.06. The lowest BCUT2D eigenvalue weighted by Crippen LogP contribution is -2.33.